The van der Waals surface area contributed by atoms with Crippen LogP contribution in [0.15, 0.2) is 42.2 Å². The third-order valence-electron chi connectivity index (χ3n) is 2.17. The summed E-state index contributed by atoms with van der Waals surface area (Å²) >= 11 is 3.04. The highest BCUT2D eigenvalue weighted by Crippen LogP contribution is 2.17. The van der Waals surface area contributed by atoms with Crippen molar-refractivity contribution in [3.8, 4) is 0 Å². The summed E-state index contributed by atoms with van der Waals surface area (Å²) in [6.07, 6.45) is 1.45. The van der Waals surface area contributed by atoms with Gasteiger partial charge in [0.05, 0.1) is 12.2 Å². The molecule has 1 aliphatic heterocycles. The molecule has 88 valence electrons. The molecule has 0 spiro atoms. The number of carbonyl (C=O) groups is 2. The number of esters is 1. The minimum absolute atomic E-state index is 0.0204. The normalized spacial score (nSPS) is 19.7. The number of halogens is 1. The van der Waals surface area contributed by atoms with Crippen LogP contribution < -0.4 is 0 Å². The second-order valence-corrected chi connectivity index (χ2v) is 4.17. The second-order valence-electron chi connectivity index (χ2n) is 3.34. The van der Waals surface area contributed by atoms with Crippen molar-refractivity contribution in [1.82, 2.24) is 0 Å². The van der Waals surface area contributed by atoms with Crippen molar-refractivity contribution in [2.75, 3.05) is 6.61 Å². The molecular formula is C12H9BrO4. The van der Waals surface area contributed by atoms with Crippen LogP contribution in [0.2, 0.25) is 0 Å². The Bertz CT molecular complexity index is 467. The van der Waals surface area contributed by atoms with E-state index in [0.717, 1.165) is 0 Å². The van der Waals surface area contributed by atoms with Crippen LogP contribution in [0, 0.1) is 0 Å². The smallest absolute Gasteiger partial charge is 0.343 e. The molecule has 17 heavy (non-hydrogen) atoms. The summed E-state index contributed by atoms with van der Waals surface area (Å²) in [7, 11) is 0. The van der Waals surface area contributed by atoms with Crippen molar-refractivity contribution in [2.45, 2.75) is 5.01 Å². The molecule has 1 aromatic carbocycles. The second kappa shape index (κ2) is 5.25. The van der Waals surface area contributed by atoms with Crippen molar-refractivity contribution in [1.29, 1.82) is 0 Å². The van der Waals surface area contributed by atoms with Gasteiger partial charge in [-0.1, -0.05) is 18.2 Å². The third-order valence-corrected chi connectivity index (χ3v) is 2.85. The maximum atomic E-state index is 11.7. The Morgan fingerprint density at radius 3 is 2.76 bits per heavy atom. The third kappa shape index (κ3) is 2.81. The molecule has 2 rings (SSSR count). The molecule has 0 radical (unpaired) electrons. The van der Waals surface area contributed by atoms with Gasteiger partial charge in [-0.25, -0.2) is 4.79 Å². The number of alkyl halides is 1. The summed E-state index contributed by atoms with van der Waals surface area (Å²) in [6, 6.07) is 8.49. The Hall–Kier alpha value is -1.46. The zero-order valence-electron chi connectivity index (χ0n) is 8.76. The minimum atomic E-state index is -0.744. The van der Waals surface area contributed by atoms with E-state index < -0.39 is 11.0 Å². The Labute approximate surface area is 106 Å². The van der Waals surface area contributed by atoms with Gasteiger partial charge in [0, 0.05) is 0 Å². The summed E-state index contributed by atoms with van der Waals surface area (Å²) in [6.45, 7) is 0.235. The number of ketones is 1. The highest BCUT2D eigenvalue weighted by molar-refractivity contribution is 9.09. The molecular weight excluding hydrogens is 288 g/mol. The Morgan fingerprint density at radius 2 is 2.06 bits per heavy atom. The van der Waals surface area contributed by atoms with Gasteiger partial charge in [-0.3, -0.25) is 4.79 Å². The number of Topliss-reactive ketones (excluding diaryl/α,β-unsaturated/α-hetero) is 1. The summed E-state index contributed by atoms with van der Waals surface area (Å²) in [5.74, 6) is -0.917. The zero-order valence-corrected chi connectivity index (χ0v) is 10.3. The van der Waals surface area contributed by atoms with Crippen LogP contribution in [0.4, 0.5) is 0 Å². The van der Waals surface area contributed by atoms with Gasteiger partial charge in [-0.2, -0.15) is 0 Å². The number of rotatable bonds is 2. The number of hydrogen-bond donors (Lipinski definition) is 0. The average molecular weight is 297 g/mol. The van der Waals surface area contributed by atoms with Crippen molar-refractivity contribution in [3.05, 3.63) is 47.7 Å². The van der Waals surface area contributed by atoms with E-state index >= 15 is 0 Å². The SMILES string of the molecule is O=C(OC1=CCOC(Br)C1=O)c1ccccc1. The first-order valence-electron chi connectivity index (χ1n) is 4.96. The first-order chi connectivity index (χ1) is 8.18. The van der Waals surface area contributed by atoms with Gasteiger partial charge < -0.3 is 9.47 Å². The van der Waals surface area contributed by atoms with Crippen LogP contribution in [-0.4, -0.2) is 23.4 Å². The lowest BCUT2D eigenvalue weighted by atomic mass is 10.2. The first-order valence-corrected chi connectivity index (χ1v) is 5.87. The van der Waals surface area contributed by atoms with Crippen LogP contribution in [0.25, 0.3) is 0 Å². The molecule has 0 aliphatic carbocycles. The molecule has 0 bridgehead atoms. The Morgan fingerprint density at radius 1 is 1.35 bits per heavy atom. The molecule has 0 N–H and O–H groups in total. The van der Waals surface area contributed by atoms with Gasteiger partial charge in [0.2, 0.25) is 5.78 Å². The predicted molar refractivity (Wildman–Crippen MR) is 63.6 cm³/mol. The van der Waals surface area contributed by atoms with Crippen LogP contribution in [0.1, 0.15) is 10.4 Å². The standard InChI is InChI=1S/C12H9BrO4/c13-11-10(14)9(6-7-16-11)17-12(15)8-4-2-1-3-5-8/h1-6,11H,7H2. The van der Waals surface area contributed by atoms with Crippen LogP contribution in [0.5, 0.6) is 0 Å². The fourth-order valence-corrected chi connectivity index (χ4v) is 1.70. The van der Waals surface area contributed by atoms with Crippen molar-refractivity contribution in [3.63, 3.8) is 0 Å². The number of carbonyl (C=O) groups excluding carboxylic acids is 2. The highest BCUT2D eigenvalue weighted by Gasteiger charge is 2.27. The monoisotopic (exact) mass is 296 g/mol. The van der Waals surface area contributed by atoms with E-state index in [4.69, 9.17) is 9.47 Å². The predicted octanol–water partition coefficient (Wildman–Crippen LogP) is 2.05. The summed E-state index contributed by atoms with van der Waals surface area (Å²) in [5, 5.41) is -0.744. The van der Waals surface area contributed by atoms with Gasteiger partial charge in [-0.15, -0.1) is 0 Å². The lowest BCUT2D eigenvalue weighted by Gasteiger charge is -2.16. The highest BCUT2D eigenvalue weighted by atomic mass is 79.9. The van der Waals surface area contributed by atoms with Crippen LogP contribution in [-0.2, 0) is 14.3 Å². The fourth-order valence-electron chi connectivity index (χ4n) is 1.32. The van der Waals surface area contributed by atoms with Crippen molar-refractivity contribution >= 4 is 27.7 Å². The maximum Gasteiger partial charge on any atom is 0.343 e. The number of ether oxygens (including phenoxy) is 2. The van der Waals surface area contributed by atoms with Gasteiger partial charge in [-0.05, 0) is 34.1 Å². The van der Waals surface area contributed by atoms with Crippen LogP contribution >= 0.6 is 15.9 Å². The molecule has 1 unspecified atom stereocenters. The Kier molecular flexibility index (Phi) is 3.71. The van der Waals surface area contributed by atoms with Crippen LogP contribution in [0.3, 0.4) is 0 Å². The first kappa shape index (κ1) is 12.0. The molecule has 0 saturated heterocycles. The van der Waals surface area contributed by atoms with Crippen molar-refractivity contribution in [2.24, 2.45) is 0 Å². The van der Waals surface area contributed by atoms with Gasteiger partial charge in [0.25, 0.3) is 0 Å². The molecule has 5 heteroatoms. The average Bonchev–Trinajstić information content (AvgIpc) is 2.36. The largest absolute Gasteiger partial charge is 0.419 e. The molecule has 0 amide bonds. The van der Waals surface area contributed by atoms with Gasteiger partial charge in [0.1, 0.15) is 0 Å². The molecule has 1 atom stereocenters. The maximum absolute atomic E-state index is 11.7. The van der Waals surface area contributed by atoms with E-state index in [2.05, 4.69) is 15.9 Å². The zero-order chi connectivity index (χ0) is 12.3. The van der Waals surface area contributed by atoms with Gasteiger partial charge in [0.15, 0.2) is 10.8 Å². The summed E-state index contributed by atoms with van der Waals surface area (Å²) < 4.78 is 10.0. The fraction of sp³-hybridized carbons (Fsp3) is 0.167. The van der Waals surface area contributed by atoms with E-state index in [1.165, 1.54) is 6.08 Å². The minimum Gasteiger partial charge on any atom is -0.419 e. The van der Waals surface area contributed by atoms with E-state index in [0.29, 0.717) is 5.56 Å². The topological polar surface area (TPSA) is 52.6 Å². The molecule has 1 aromatic rings. The van der Waals surface area contributed by atoms with Gasteiger partial charge >= 0.3 is 5.97 Å². The number of hydrogen-bond acceptors (Lipinski definition) is 4. The lowest BCUT2D eigenvalue weighted by molar-refractivity contribution is -0.125. The summed E-state index contributed by atoms with van der Waals surface area (Å²) in [5.41, 5.74) is 0.402. The number of benzene rings is 1. The molecule has 1 aliphatic rings. The molecule has 0 aromatic heterocycles. The molecule has 4 nitrogen and oxygen atoms in total. The van der Waals surface area contributed by atoms with E-state index in [9.17, 15) is 9.59 Å². The quantitative estimate of drug-likeness (QED) is 0.619. The summed E-state index contributed by atoms with van der Waals surface area (Å²) in [4.78, 5) is 23.3. The van der Waals surface area contributed by atoms with Crippen molar-refractivity contribution < 1.29 is 19.1 Å². The lowest BCUT2D eigenvalue weighted by Crippen LogP contribution is -2.27. The van der Waals surface area contributed by atoms with E-state index in [-0.39, 0.29) is 18.1 Å². The molecule has 0 saturated carbocycles. The molecule has 0 fully saturated rings. The van der Waals surface area contributed by atoms with E-state index in [1.54, 1.807) is 30.3 Å². The van der Waals surface area contributed by atoms with E-state index in [1.807, 2.05) is 0 Å². The Balaban J connectivity index is 2.10. The molecule has 1 heterocycles.